The predicted molar refractivity (Wildman–Crippen MR) is 65.7 cm³/mol. The fraction of sp³-hybridized carbons (Fsp3) is 0.462. The summed E-state index contributed by atoms with van der Waals surface area (Å²) in [6.45, 7) is 1.99. The number of rotatable bonds is 3. The lowest BCUT2D eigenvalue weighted by molar-refractivity contribution is -0.137. The zero-order chi connectivity index (χ0) is 14.0. The normalized spacial score (nSPS) is 22.3. The van der Waals surface area contributed by atoms with Crippen molar-refractivity contribution in [3.05, 3.63) is 29.3 Å². The van der Waals surface area contributed by atoms with E-state index in [-0.39, 0.29) is 12.1 Å². The summed E-state index contributed by atoms with van der Waals surface area (Å²) in [5.41, 5.74) is 0.456. The third-order valence-corrected chi connectivity index (χ3v) is 3.40. The van der Waals surface area contributed by atoms with Crippen LogP contribution in [0.2, 0.25) is 0 Å². The molecule has 1 aliphatic heterocycles. The molecule has 0 bridgehead atoms. The van der Waals surface area contributed by atoms with Gasteiger partial charge in [-0.1, -0.05) is 6.92 Å². The van der Waals surface area contributed by atoms with E-state index in [1.807, 2.05) is 6.92 Å². The first-order chi connectivity index (χ1) is 8.95. The third-order valence-electron chi connectivity index (χ3n) is 3.40. The lowest BCUT2D eigenvalue weighted by Gasteiger charge is -2.33. The maximum Gasteiger partial charge on any atom is 0.416 e. The minimum absolute atomic E-state index is 0.154. The number of carbonyl (C=O) groups excluding carboxylic acids is 1. The number of benzene rings is 1. The molecule has 19 heavy (non-hydrogen) atoms. The molecule has 2 N–H and O–H groups in total. The Balaban J connectivity index is 2.40. The van der Waals surface area contributed by atoms with Crippen molar-refractivity contribution < 1.29 is 18.0 Å². The van der Waals surface area contributed by atoms with Crippen molar-refractivity contribution in [3.63, 3.8) is 0 Å². The summed E-state index contributed by atoms with van der Waals surface area (Å²) in [6.07, 6.45) is -2.41. The number of fused-ring (bicyclic) bond motifs is 1. The zero-order valence-electron chi connectivity index (χ0n) is 10.4. The monoisotopic (exact) mass is 272 g/mol. The molecule has 1 aliphatic rings. The van der Waals surface area contributed by atoms with Crippen LogP contribution in [-0.4, -0.2) is 12.5 Å². The molecule has 0 radical (unpaired) electrons. The molecule has 3 nitrogen and oxygen atoms in total. The van der Waals surface area contributed by atoms with Gasteiger partial charge in [-0.25, -0.2) is 0 Å². The van der Waals surface area contributed by atoms with Crippen LogP contribution in [0.5, 0.6) is 0 Å². The van der Waals surface area contributed by atoms with Crippen LogP contribution in [0, 0.1) is 0 Å². The van der Waals surface area contributed by atoms with Crippen LogP contribution in [0.3, 0.4) is 0 Å². The second kappa shape index (κ2) is 5.11. The average molecular weight is 272 g/mol. The van der Waals surface area contributed by atoms with Gasteiger partial charge in [-0.15, -0.1) is 0 Å². The topological polar surface area (TPSA) is 41.1 Å². The molecule has 0 unspecified atom stereocenters. The summed E-state index contributed by atoms with van der Waals surface area (Å²) in [5.74, 6) is 0. The Morgan fingerprint density at radius 3 is 2.79 bits per heavy atom. The highest BCUT2D eigenvalue weighted by molar-refractivity contribution is 5.59. The van der Waals surface area contributed by atoms with Crippen LogP contribution in [0.15, 0.2) is 18.2 Å². The Bertz CT molecular complexity index is 473. The Morgan fingerprint density at radius 2 is 2.21 bits per heavy atom. The maximum atomic E-state index is 12.7. The Hall–Kier alpha value is -1.72. The SMILES string of the molecule is CC[C@H]1C[C@@H](NC=O)c2cc(C(F)(F)F)ccc2N1. The molecule has 6 heteroatoms. The molecule has 0 aliphatic carbocycles. The van der Waals surface area contributed by atoms with E-state index in [1.165, 1.54) is 6.07 Å². The van der Waals surface area contributed by atoms with Gasteiger partial charge in [0.1, 0.15) is 0 Å². The van der Waals surface area contributed by atoms with Crippen LogP contribution < -0.4 is 10.6 Å². The molecule has 2 rings (SSSR count). The van der Waals surface area contributed by atoms with Gasteiger partial charge in [0.15, 0.2) is 0 Å². The zero-order valence-corrected chi connectivity index (χ0v) is 10.4. The van der Waals surface area contributed by atoms with Gasteiger partial charge in [0.2, 0.25) is 6.41 Å². The van der Waals surface area contributed by atoms with Crippen LogP contribution in [0.25, 0.3) is 0 Å². The van der Waals surface area contributed by atoms with Crippen molar-refractivity contribution in [2.24, 2.45) is 0 Å². The number of hydrogen-bond acceptors (Lipinski definition) is 2. The minimum atomic E-state index is -4.37. The van der Waals surface area contributed by atoms with Gasteiger partial charge in [-0.2, -0.15) is 13.2 Å². The van der Waals surface area contributed by atoms with Crippen LogP contribution >= 0.6 is 0 Å². The molecule has 0 spiro atoms. The van der Waals surface area contributed by atoms with Crippen LogP contribution in [-0.2, 0) is 11.0 Å². The van der Waals surface area contributed by atoms with E-state index in [0.717, 1.165) is 18.6 Å². The highest BCUT2D eigenvalue weighted by Gasteiger charge is 2.33. The summed E-state index contributed by atoms with van der Waals surface area (Å²) >= 11 is 0. The van der Waals surface area contributed by atoms with Gasteiger partial charge in [-0.3, -0.25) is 4.79 Å². The van der Waals surface area contributed by atoms with Crippen molar-refractivity contribution >= 4 is 12.1 Å². The Kier molecular flexibility index (Phi) is 3.68. The molecule has 0 fully saturated rings. The number of alkyl halides is 3. The van der Waals surface area contributed by atoms with Crippen LogP contribution in [0.1, 0.15) is 36.9 Å². The average Bonchev–Trinajstić information content (AvgIpc) is 2.37. The van der Waals surface area contributed by atoms with Crippen molar-refractivity contribution in [3.8, 4) is 0 Å². The fourth-order valence-electron chi connectivity index (χ4n) is 2.36. The van der Waals surface area contributed by atoms with E-state index in [9.17, 15) is 18.0 Å². The van der Waals surface area contributed by atoms with Gasteiger partial charge in [0.25, 0.3) is 0 Å². The summed E-state index contributed by atoms with van der Waals surface area (Å²) < 4.78 is 38.1. The number of anilines is 1. The Morgan fingerprint density at radius 1 is 1.47 bits per heavy atom. The van der Waals surface area contributed by atoms with Crippen molar-refractivity contribution in [1.82, 2.24) is 5.32 Å². The Labute approximate surface area is 109 Å². The van der Waals surface area contributed by atoms with E-state index in [1.54, 1.807) is 0 Å². The van der Waals surface area contributed by atoms with Gasteiger partial charge < -0.3 is 10.6 Å². The van der Waals surface area contributed by atoms with E-state index in [2.05, 4.69) is 10.6 Å². The quantitative estimate of drug-likeness (QED) is 0.830. The molecule has 1 amide bonds. The minimum Gasteiger partial charge on any atom is -0.382 e. The van der Waals surface area contributed by atoms with Crippen LogP contribution in [0.4, 0.5) is 18.9 Å². The number of carbonyl (C=O) groups is 1. The van der Waals surface area contributed by atoms with Gasteiger partial charge in [0, 0.05) is 11.7 Å². The number of amides is 1. The molecule has 104 valence electrons. The van der Waals surface area contributed by atoms with Gasteiger partial charge in [-0.05, 0) is 36.6 Å². The second-order valence-electron chi connectivity index (χ2n) is 4.62. The fourth-order valence-corrected chi connectivity index (χ4v) is 2.36. The summed E-state index contributed by atoms with van der Waals surface area (Å²) in [6, 6.07) is 3.37. The summed E-state index contributed by atoms with van der Waals surface area (Å²) in [5, 5.41) is 5.79. The van der Waals surface area contributed by atoms with Crippen molar-refractivity contribution in [2.75, 3.05) is 5.32 Å². The third kappa shape index (κ3) is 2.83. The molecule has 1 aromatic rings. The number of nitrogens with one attached hydrogen (secondary N) is 2. The molecule has 0 aromatic heterocycles. The van der Waals surface area contributed by atoms with E-state index in [4.69, 9.17) is 0 Å². The highest BCUT2D eigenvalue weighted by Crippen LogP contribution is 2.38. The van der Waals surface area contributed by atoms with E-state index in [0.29, 0.717) is 24.1 Å². The molecular formula is C13H15F3N2O. The van der Waals surface area contributed by atoms with E-state index < -0.39 is 11.7 Å². The highest BCUT2D eigenvalue weighted by atomic mass is 19.4. The molecular weight excluding hydrogens is 257 g/mol. The molecule has 0 saturated carbocycles. The first-order valence-electron chi connectivity index (χ1n) is 6.13. The standard InChI is InChI=1S/C13H15F3N2O/c1-2-9-6-12(17-7-19)10-5-8(13(14,15)16)3-4-11(10)18-9/h3-5,7,9,12,18H,2,6H2,1H3,(H,17,19)/t9-,12+/m0/s1. The van der Waals surface area contributed by atoms with Gasteiger partial charge in [0.05, 0.1) is 11.6 Å². The number of halogens is 3. The first kappa shape index (κ1) is 13.7. The van der Waals surface area contributed by atoms with Crippen molar-refractivity contribution in [1.29, 1.82) is 0 Å². The number of hydrogen-bond donors (Lipinski definition) is 2. The molecule has 0 saturated heterocycles. The largest absolute Gasteiger partial charge is 0.416 e. The molecule has 2 atom stereocenters. The lowest BCUT2D eigenvalue weighted by Crippen LogP contribution is -2.34. The smallest absolute Gasteiger partial charge is 0.382 e. The molecule has 1 heterocycles. The van der Waals surface area contributed by atoms with Crippen molar-refractivity contribution in [2.45, 2.75) is 38.0 Å². The molecule has 1 aromatic carbocycles. The van der Waals surface area contributed by atoms with E-state index >= 15 is 0 Å². The van der Waals surface area contributed by atoms with Gasteiger partial charge >= 0.3 is 6.18 Å². The first-order valence-corrected chi connectivity index (χ1v) is 6.13. The lowest BCUT2D eigenvalue weighted by atomic mass is 9.90. The summed E-state index contributed by atoms with van der Waals surface area (Å²) in [7, 11) is 0. The second-order valence-corrected chi connectivity index (χ2v) is 4.62. The summed E-state index contributed by atoms with van der Waals surface area (Å²) in [4.78, 5) is 10.6. The predicted octanol–water partition coefficient (Wildman–Crippen LogP) is 3.09. The maximum absolute atomic E-state index is 12.7.